The molecule has 3 nitrogen and oxygen atoms in total. The number of para-hydroxylation sites is 1. The summed E-state index contributed by atoms with van der Waals surface area (Å²) in [5.74, 6) is 0.311. The van der Waals surface area contributed by atoms with Crippen LogP contribution in [0.1, 0.15) is 43.2 Å². The van der Waals surface area contributed by atoms with Crippen molar-refractivity contribution in [3.05, 3.63) is 78.0 Å². The third-order valence-electron chi connectivity index (χ3n) is 6.98. The average molecular weight is 373 g/mol. The molecule has 28 heavy (non-hydrogen) atoms. The topological polar surface area (TPSA) is 36.4 Å². The maximum Gasteiger partial charge on any atom is 0.0951 e. The fraction of sp³-hybridized carbons (Fsp3) is 0.400. The van der Waals surface area contributed by atoms with Gasteiger partial charge in [0, 0.05) is 36.6 Å². The molecule has 144 valence electrons. The van der Waals surface area contributed by atoms with E-state index in [1.165, 1.54) is 30.2 Å². The molecule has 1 aliphatic heterocycles. The average Bonchev–Trinajstić information content (AvgIpc) is 2.77. The van der Waals surface area contributed by atoms with Gasteiger partial charge < -0.3 is 5.11 Å². The summed E-state index contributed by atoms with van der Waals surface area (Å²) >= 11 is 0. The van der Waals surface area contributed by atoms with Gasteiger partial charge in [-0.1, -0.05) is 61.4 Å². The lowest BCUT2D eigenvalue weighted by molar-refractivity contribution is -0.122. The van der Waals surface area contributed by atoms with E-state index < -0.39 is 5.60 Å². The lowest BCUT2D eigenvalue weighted by Crippen LogP contribution is -2.57. The highest BCUT2D eigenvalue weighted by Gasteiger charge is 2.48. The van der Waals surface area contributed by atoms with Crippen molar-refractivity contribution in [2.24, 2.45) is 5.92 Å². The van der Waals surface area contributed by atoms with E-state index in [0.29, 0.717) is 12.0 Å². The summed E-state index contributed by atoms with van der Waals surface area (Å²) in [4.78, 5) is 7.15. The van der Waals surface area contributed by atoms with Crippen LogP contribution in [0.15, 0.2) is 66.9 Å². The molecule has 1 saturated heterocycles. The van der Waals surface area contributed by atoms with E-state index in [2.05, 4.69) is 64.5 Å². The molecule has 0 radical (unpaired) electrons. The summed E-state index contributed by atoms with van der Waals surface area (Å²) in [5, 5.41) is 13.0. The zero-order valence-electron chi connectivity index (χ0n) is 16.3. The summed E-state index contributed by atoms with van der Waals surface area (Å²) in [7, 11) is 0. The highest BCUT2D eigenvalue weighted by molar-refractivity contribution is 5.81. The summed E-state index contributed by atoms with van der Waals surface area (Å²) < 4.78 is 0. The molecule has 3 heteroatoms. The molecule has 0 bridgehead atoms. The van der Waals surface area contributed by atoms with E-state index in [9.17, 15) is 5.11 Å². The van der Waals surface area contributed by atoms with Crippen molar-refractivity contribution in [1.82, 2.24) is 9.88 Å². The van der Waals surface area contributed by atoms with Gasteiger partial charge in [0.2, 0.25) is 0 Å². The SMILES string of the molecule is OC1(c2ccccc2)CCN(Cc2ccnc3ccccc23)C2CCCCC21. The Morgan fingerprint density at radius 3 is 2.64 bits per heavy atom. The number of aromatic nitrogens is 1. The van der Waals surface area contributed by atoms with E-state index in [0.717, 1.165) is 37.0 Å². The number of hydrogen-bond acceptors (Lipinski definition) is 3. The van der Waals surface area contributed by atoms with Crippen LogP contribution in [-0.4, -0.2) is 27.6 Å². The minimum Gasteiger partial charge on any atom is -0.385 e. The fourth-order valence-electron chi connectivity index (χ4n) is 5.56. The highest BCUT2D eigenvalue weighted by atomic mass is 16.3. The Bertz CT molecular complexity index is 952. The molecule has 3 unspecified atom stereocenters. The maximum absolute atomic E-state index is 11.8. The molecular formula is C25H28N2O. The maximum atomic E-state index is 11.8. The van der Waals surface area contributed by atoms with Gasteiger partial charge in [0.1, 0.15) is 0 Å². The molecule has 5 rings (SSSR count). The molecular weight excluding hydrogens is 344 g/mol. The van der Waals surface area contributed by atoms with Crippen LogP contribution < -0.4 is 0 Å². The van der Waals surface area contributed by atoms with Crippen molar-refractivity contribution in [3.8, 4) is 0 Å². The fourth-order valence-corrected chi connectivity index (χ4v) is 5.56. The van der Waals surface area contributed by atoms with Crippen LogP contribution in [-0.2, 0) is 12.1 Å². The van der Waals surface area contributed by atoms with Crippen molar-refractivity contribution in [2.45, 2.75) is 50.3 Å². The van der Waals surface area contributed by atoms with Gasteiger partial charge in [0.25, 0.3) is 0 Å². The van der Waals surface area contributed by atoms with E-state index in [4.69, 9.17) is 0 Å². The molecule has 2 aromatic carbocycles. The first-order chi connectivity index (χ1) is 13.8. The second kappa shape index (κ2) is 7.31. The number of piperidine rings is 1. The number of likely N-dealkylation sites (tertiary alicyclic amines) is 1. The predicted molar refractivity (Wildman–Crippen MR) is 113 cm³/mol. The quantitative estimate of drug-likeness (QED) is 0.711. The van der Waals surface area contributed by atoms with Gasteiger partial charge in [0.15, 0.2) is 0 Å². The van der Waals surface area contributed by atoms with Crippen LogP contribution in [0, 0.1) is 5.92 Å². The highest BCUT2D eigenvalue weighted by Crippen LogP contribution is 2.47. The number of hydrogen-bond donors (Lipinski definition) is 1. The Balaban J connectivity index is 1.46. The number of aliphatic hydroxyl groups is 1. The summed E-state index contributed by atoms with van der Waals surface area (Å²) in [5.41, 5.74) is 2.82. The van der Waals surface area contributed by atoms with Crippen LogP contribution in [0.25, 0.3) is 10.9 Å². The third kappa shape index (κ3) is 3.03. The van der Waals surface area contributed by atoms with Gasteiger partial charge in [-0.05, 0) is 42.5 Å². The molecule has 1 saturated carbocycles. The Labute approximate surface area is 167 Å². The van der Waals surface area contributed by atoms with E-state index in [1.807, 2.05) is 12.3 Å². The van der Waals surface area contributed by atoms with Gasteiger partial charge in [0.05, 0.1) is 11.1 Å². The Hall–Kier alpha value is -2.23. The molecule has 1 aliphatic carbocycles. The monoisotopic (exact) mass is 372 g/mol. The first-order valence-corrected chi connectivity index (χ1v) is 10.6. The number of benzene rings is 2. The summed E-state index contributed by atoms with van der Waals surface area (Å²) in [6, 6.07) is 21.4. The predicted octanol–water partition coefficient (Wildman–Crippen LogP) is 4.89. The van der Waals surface area contributed by atoms with Crippen LogP contribution in [0.5, 0.6) is 0 Å². The van der Waals surface area contributed by atoms with Crippen LogP contribution in [0.4, 0.5) is 0 Å². The zero-order chi connectivity index (χ0) is 19.0. The van der Waals surface area contributed by atoms with Gasteiger partial charge in [-0.3, -0.25) is 9.88 Å². The molecule has 2 aliphatic rings. The minimum atomic E-state index is -0.691. The lowest BCUT2D eigenvalue weighted by atomic mass is 9.66. The van der Waals surface area contributed by atoms with Crippen molar-refractivity contribution in [2.75, 3.05) is 6.54 Å². The molecule has 2 fully saturated rings. The molecule has 0 amide bonds. The zero-order valence-corrected chi connectivity index (χ0v) is 16.3. The first kappa shape index (κ1) is 17.8. The summed E-state index contributed by atoms with van der Waals surface area (Å²) in [6.45, 7) is 1.87. The van der Waals surface area contributed by atoms with Gasteiger partial charge in [-0.25, -0.2) is 0 Å². The molecule has 0 spiro atoms. The molecule has 3 atom stereocenters. The molecule has 2 heterocycles. The van der Waals surface area contributed by atoms with Crippen LogP contribution in [0.2, 0.25) is 0 Å². The van der Waals surface area contributed by atoms with Crippen molar-refractivity contribution >= 4 is 10.9 Å². The first-order valence-electron chi connectivity index (χ1n) is 10.6. The molecule has 3 aromatic rings. The Morgan fingerprint density at radius 1 is 0.964 bits per heavy atom. The lowest BCUT2D eigenvalue weighted by Gasteiger charge is -2.52. The van der Waals surface area contributed by atoms with Crippen LogP contribution in [0.3, 0.4) is 0 Å². The van der Waals surface area contributed by atoms with Crippen LogP contribution >= 0.6 is 0 Å². The van der Waals surface area contributed by atoms with Crippen molar-refractivity contribution < 1.29 is 5.11 Å². The van der Waals surface area contributed by atoms with Crippen molar-refractivity contribution in [3.63, 3.8) is 0 Å². The number of fused-ring (bicyclic) bond motifs is 2. The number of nitrogens with zero attached hydrogens (tertiary/aromatic N) is 2. The molecule has 1 aromatic heterocycles. The normalized spacial score (nSPS) is 28.2. The standard InChI is InChI=1S/C25H28N2O/c28-25(20-8-2-1-3-9-20)15-17-27(24-13-7-5-11-22(24)25)18-19-14-16-26-23-12-6-4-10-21(19)23/h1-4,6,8-10,12,14,16,22,24,28H,5,7,11,13,15,17-18H2. The number of pyridine rings is 1. The van der Waals surface area contributed by atoms with Gasteiger partial charge in [-0.2, -0.15) is 0 Å². The van der Waals surface area contributed by atoms with Crippen molar-refractivity contribution in [1.29, 1.82) is 0 Å². The third-order valence-corrected chi connectivity index (χ3v) is 6.98. The van der Waals surface area contributed by atoms with E-state index in [-0.39, 0.29) is 0 Å². The Kier molecular flexibility index (Phi) is 4.65. The second-order valence-corrected chi connectivity index (χ2v) is 8.46. The van der Waals surface area contributed by atoms with Gasteiger partial charge in [-0.15, -0.1) is 0 Å². The largest absolute Gasteiger partial charge is 0.385 e. The minimum absolute atomic E-state index is 0.311. The molecule has 1 N–H and O–H groups in total. The Morgan fingerprint density at radius 2 is 1.75 bits per heavy atom. The van der Waals surface area contributed by atoms with E-state index >= 15 is 0 Å². The smallest absolute Gasteiger partial charge is 0.0951 e. The number of rotatable bonds is 3. The van der Waals surface area contributed by atoms with E-state index in [1.54, 1.807) is 0 Å². The van der Waals surface area contributed by atoms with Gasteiger partial charge >= 0.3 is 0 Å². The second-order valence-electron chi connectivity index (χ2n) is 8.46. The summed E-state index contributed by atoms with van der Waals surface area (Å²) in [6.07, 6.45) is 7.52.